The molecule has 0 saturated heterocycles. The second-order valence-corrected chi connectivity index (χ2v) is 4.17. The first-order valence-corrected chi connectivity index (χ1v) is 6.27. The molecule has 0 spiro atoms. The number of carbonyl (C=O) groups is 1. The smallest absolute Gasteiger partial charge is 0.221 e. The van der Waals surface area contributed by atoms with E-state index in [0.717, 1.165) is 11.4 Å². The van der Waals surface area contributed by atoms with Crippen LogP contribution in [-0.2, 0) is 4.79 Å². The Morgan fingerprint density at radius 2 is 1.90 bits per heavy atom. The zero-order valence-corrected chi connectivity index (χ0v) is 11.6. The summed E-state index contributed by atoms with van der Waals surface area (Å²) in [4.78, 5) is 18.9. The molecule has 20 heavy (non-hydrogen) atoms. The fourth-order valence-electron chi connectivity index (χ4n) is 1.57. The van der Waals surface area contributed by atoms with E-state index in [1.54, 1.807) is 18.3 Å². The molecule has 6 heteroatoms. The number of thiocarbonyl (C=S) groups is 1. The van der Waals surface area contributed by atoms with Crippen molar-refractivity contribution >= 4 is 46.2 Å². The van der Waals surface area contributed by atoms with Gasteiger partial charge in [-0.05, 0) is 48.6 Å². The third kappa shape index (κ3) is 3.98. The van der Waals surface area contributed by atoms with Crippen molar-refractivity contribution in [2.45, 2.75) is 6.92 Å². The predicted octanol–water partition coefficient (Wildman–Crippen LogP) is 3.52. The van der Waals surface area contributed by atoms with Gasteiger partial charge in [-0.25, -0.2) is 4.98 Å². The summed E-state index contributed by atoms with van der Waals surface area (Å²) < 4.78 is 0. The number of benzene rings is 1. The van der Waals surface area contributed by atoms with Crippen LogP contribution in [0.1, 0.15) is 6.92 Å². The first kappa shape index (κ1) is 13.9. The normalized spacial score (nSPS) is 9.45. The van der Waals surface area contributed by atoms with Crippen LogP contribution in [-0.4, -0.2) is 16.1 Å². The number of amides is 1. The number of nitrogens with one attached hydrogen (secondary N) is 2. The third-order valence-corrected chi connectivity index (χ3v) is 2.49. The van der Waals surface area contributed by atoms with Gasteiger partial charge >= 0.3 is 0 Å². The molecule has 2 rings (SSSR count). The lowest BCUT2D eigenvalue weighted by molar-refractivity contribution is -0.114. The van der Waals surface area contributed by atoms with Crippen LogP contribution in [0.5, 0.6) is 0 Å². The molecule has 0 saturated carbocycles. The zero-order chi connectivity index (χ0) is 14.4. The summed E-state index contributed by atoms with van der Waals surface area (Å²) in [6, 6.07) is 10.9. The van der Waals surface area contributed by atoms with Gasteiger partial charge in [0.2, 0.25) is 5.91 Å². The third-order valence-electron chi connectivity index (χ3n) is 2.40. The maximum absolute atomic E-state index is 10.9. The van der Waals surface area contributed by atoms with Gasteiger partial charge in [0.1, 0.15) is 5.82 Å². The number of aliphatic imine (C=N–C) groups is 1. The van der Waals surface area contributed by atoms with Crippen LogP contribution in [0.15, 0.2) is 47.6 Å². The first-order chi connectivity index (χ1) is 9.67. The van der Waals surface area contributed by atoms with E-state index in [1.165, 1.54) is 6.92 Å². The van der Waals surface area contributed by atoms with Gasteiger partial charge in [-0.15, -0.1) is 0 Å². The Morgan fingerprint density at radius 1 is 1.20 bits per heavy atom. The summed E-state index contributed by atoms with van der Waals surface area (Å²) >= 11 is 4.52. The molecule has 100 valence electrons. The Hall–Kier alpha value is -2.56. The number of carbonyl (C=O) groups excluding carboxylic acids is 1. The molecule has 0 radical (unpaired) electrons. The molecular formula is C14H12N4OS. The number of aromatic nitrogens is 1. The summed E-state index contributed by atoms with van der Waals surface area (Å²) in [6.07, 6.45) is 1.60. The Morgan fingerprint density at radius 3 is 2.45 bits per heavy atom. The van der Waals surface area contributed by atoms with E-state index in [-0.39, 0.29) is 5.91 Å². The van der Waals surface area contributed by atoms with E-state index < -0.39 is 0 Å². The number of hydrogen-bond acceptors (Lipinski definition) is 5. The lowest BCUT2D eigenvalue weighted by Crippen LogP contribution is -2.05. The minimum absolute atomic E-state index is 0.0953. The molecule has 0 atom stereocenters. The summed E-state index contributed by atoms with van der Waals surface area (Å²) in [5, 5.41) is 8.14. The second kappa shape index (κ2) is 6.56. The number of isothiocyanates is 1. The van der Waals surface area contributed by atoms with Crippen LogP contribution >= 0.6 is 12.2 Å². The number of hydrogen-bond donors (Lipinski definition) is 2. The first-order valence-electron chi connectivity index (χ1n) is 5.86. The minimum atomic E-state index is -0.0953. The van der Waals surface area contributed by atoms with E-state index in [4.69, 9.17) is 0 Å². The molecule has 0 aliphatic heterocycles. The molecule has 0 aliphatic rings. The van der Waals surface area contributed by atoms with Gasteiger partial charge in [0, 0.05) is 18.3 Å². The highest BCUT2D eigenvalue weighted by Gasteiger charge is 1.98. The Balaban J connectivity index is 2.05. The fraction of sp³-hybridized carbons (Fsp3) is 0.0714. The molecule has 2 N–H and O–H groups in total. The van der Waals surface area contributed by atoms with Gasteiger partial charge < -0.3 is 10.6 Å². The molecule has 5 nitrogen and oxygen atoms in total. The van der Waals surface area contributed by atoms with Crippen LogP contribution in [0.25, 0.3) is 0 Å². The Labute approximate surface area is 121 Å². The number of pyridine rings is 1. The van der Waals surface area contributed by atoms with Crippen molar-refractivity contribution in [3.63, 3.8) is 0 Å². The van der Waals surface area contributed by atoms with Crippen LogP contribution < -0.4 is 10.6 Å². The Kier molecular flexibility index (Phi) is 4.55. The standard InChI is InChI=1S/C14H12N4OS/c1-10(19)17-11-2-4-12(5-3-11)18-14-7-6-13(8-15-14)16-9-20/h2-8H,1H3,(H,15,18)(H,17,19). The monoisotopic (exact) mass is 284 g/mol. The second-order valence-electron chi connectivity index (χ2n) is 3.99. The van der Waals surface area contributed by atoms with Gasteiger partial charge in [-0.3, -0.25) is 4.79 Å². The quantitative estimate of drug-likeness (QED) is 0.666. The maximum Gasteiger partial charge on any atom is 0.221 e. The van der Waals surface area contributed by atoms with Crippen molar-refractivity contribution in [2.24, 2.45) is 4.99 Å². The lowest BCUT2D eigenvalue weighted by atomic mass is 10.2. The summed E-state index contributed by atoms with van der Waals surface area (Å²) in [5.74, 6) is 0.600. The molecule has 0 unspecified atom stereocenters. The van der Waals surface area contributed by atoms with Crippen LogP contribution in [0.2, 0.25) is 0 Å². The van der Waals surface area contributed by atoms with E-state index in [2.05, 4.69) is 38.0 Å². The van der Waals surface area contributed by atoms with Crippen molar-refractivity contribution in [1.82, 2.24) is 4.98 Å². The predicted molar refractivity (Wildman–Crippen MR) is 83.0 cm³/mol. The molecule has 0 fully saturated rings. The number of nitrogens with zero attached hydrogens (tertiary/aromatic N) is 2. The highest BCUT2D eigenvalue weighted by Crippen LogP contribution is 2.19. The van der Waals surface area contributed by atoms with E-state index >= 15 is 0 Å². The minimum Gasteiger partial charge on any atom is -0.340 e. The molecule has 0 aliphatic carbocycles. The number of anilines is 3. The maximum atomic E-state index is 10.9. The average Bonchev–Trinajstić information content (AvgIpc) is 2.43. The van der Waals surface area contributed by atoms with Crippen LogP contribution in [0.4, 0.5) is 22.9 Å². The molecule has 1 amide bonds. The Bertz CT molecular complexity index is 646. The highest BCUT2D eigenvalue weighted by molar-refractivity contribution is 7.78. The average molecular weight is 284 g/mol. The summed E-state index contributed by atoms with van der Waals surface area (Å²) in [6.45, 7) is 1.47. The van der Waals surface area contributed by atoms with Gasteiger partial charge in [0.05, 0.1) is 17.0 Å². The molecule has 1 heterocycles. The summed E-state index contributed by atoms with van der Waals surface area (Å²) in [7, 11) is 0. The fourth-order valence-corrected chi connectivity index (χ4v) is 1.67. The van der Waals surface area contributed by atoms with Crippen molar-refractivity contribution < 1.29 is 4.79 Å². The molecule has 0 bridgehead atoms. The zero-order valence-electron chi connectivity index (χ0n) is 10.8. The van der Waals surface area contributed by atoms with Gasteiger partial charge in [-0.2, -0.15) is 4.99 Å². The highest BCUT2D eigenvalue weighted by atomic mass is 32.1. The van der Waals surface area contributed by atoms with Crippen molar-refractivity contribution in [1.29, 1.82) is 0 Å². The van der Waals surface area contributed by atoms with Gasteiger partial charge in [-0.1, -0.05) is 0 Å². The van der Waals surface area contributed by atoms with E-state index in [1.807, 2.05) is 24.3 Å². The molecule has 1 aromatic carbocycles. The lowest BCUT2D eigenvalue weighted by Gasteiger charge is -2.07. The molecular weight excluding hydrogens is 272 g/mol. The SMILES string of the molecule is CC(=O)Nc1ccc(Nc2ccc(N=C=S)cn2)cc1. The topological polar surface area (TPSA) is 66.4 Å². The van der Waals surface area contributed by atoms with Crippen LogP contribution in [0.3, 0.4) is 0 Å². The van der Waals surface area contributed by atoms with E-state index in [9.17, 15) is 4.79 Å². The van der Waals surface area contributed by atoms with E-state index in [0.29, 0.717) is 11.5 Å². The summed E-state index contributed by atoms with van der Waals surface area (Å²) in [5.41, 5.74) is 2.28. The largest absolute Gasteiger partial charge is 0.340 e. The van der Waals surface area contributed by atoms with Gasteiger partial charge in [0.25, 0.3) is 0 Å². The van der Waals surface area contributed by atoms with Crippen molar-refractivity contribution in [3.05, 3.63) is 42.6 Å². The van der Waals surface area contributed by atoms with Crippen molar-refractivity contribution in [2.75, 3.05) is 10.6 Å². The van der Waals surface area contributed by atoms with Gasteiger partial charge in [0.15, 0.2) is 0 Å². The van der Waals surface area contributed by atoms with Crippen LogP contribution in [0, 0.1) is 0 Å². The molecule has 2 aromatic rings. The molecule has 1 aromatic heterocycles. The van der Waals surface area contributed by atoms with Crippen molar-refractivity contribution in [3.8, 4) is 0 Å². The number of rotatable bonds is 4.